The van der Waals surface area contributed by atoms with E-state index >= 15 is 0 Å². The molecule has 0 aliphatic carbocycles. The van der Waals surface area contributed by atoms with Crippen LogP contribution in [0.4, 0.5) is 5.69 Å². The van der Waals surface area contributed by atoms with E-state index in [1.54, 1.807) is 0 Å². The third-order valence-corrected chi connectivity index (χ3v) is 5.31. The first-order chi connectivity index (χ1) is 14.7. The quantitative estimate of drug-likeness (QED) is 0.433. The van der Waals surface area contributed by atoms with Gasteiger partial charge in [-0.1, -0.05) is 47.6 Å². The van der Waals surface area contributed by atoms with E-state index in [1.807, 2.05) is 64.1 Å². The molecule has 31 heavy (non-hydrogen) atoms. The minimum Gasteiger partial charge on any atom is -0.350 e. The van der Waals surface area contributed by atoms with E-state index in [-0.39, 0.29) is 24.3 Å². The molecule has 7 nitrogen and oxygen atoms in total. The van der Waals surface area contributed by atoms with Crippen LogP contribution in [-0.2, 0) is 16.0 Å². The number of amides is 2. The Labute approximate surface area is 183 Å². The summed E-state index contributed by atoms with van der Waals surface area (Å²) < 4.78 is 0. The van der Waals surface area contributed by atoms with Gasteiger partial charge in [0, 0.05) is 16.1 Å². The zero-order chi connectivity index (χ0) is 22.6. The van der Waals surface area contributed by atoms with Gasteiger partial charge in [-0.15, -0.1) is 0 Å². The zero-order valence-electron chi connectivity index (χ0n) is 18.5. The van der Waals surface area contributed by atoms with Crippen molar-refractivity contribution in [1.29, 1.82) is 0 Å². The summed E-state index contributed by atoms with van der Waals surface area (Å²) in [5.41, 5.74) is 12.5. The predicted octanol–water partition coefficient (Wildman–Crippen LogP) is 4.65. The molecule has 7 heteroatoms. The third-order valence-electron chi connectivity index (χ3n) is 5.31. The molecule has 162 valence electrons. The molecule has 0 aromatic heterocycles. The summed E-state index contributed by atoms with van der Waals surface area (Å²) in [6.45, 7) is 7.52. The number of aryl methyl sites for hydroxylation is 1. The molecule has 1 heterocycles. The number of azide groups is 1. The molecule has 0 bridgehead atoms. The fourth-order valence-corrected chi connectivity index (χ4v) is 4.04. The number of anilines is 1. The SMILES string of the molecule is Cc1ccc2c(c1)N(CC(=O)NC(C)(C)C)C(=O)C(N=[N+]=[N-])CC2Cc1ccccc1. The Kier molecular flexibility index (Phi) is 6.66. The summed E-state index contributed by atoms with van der Waals surface area (Å²) in [7, 11) is 0. The Balaban J connectivity index is 2.05. The van der Waals surface area contributed by atoms with Gasteiger partial charge in [-0.2, -0.15) is 0 Å². The summed E-state index contributed by atoms with van der Waals surface area (Å²) in [5.74, 6) is -0.619. The average molecular weight is 420 g/mol. The van der Waals surface area contributed by atoms with E-state index in [0.717, 1.165) is 16.7 Å². The standard InChI is InChI=1S/C24H29N5O2/c1-16-10-11-19-18(13-17-8-6-5-7-9-17)14-20(27-28-25)23(31)29(21(19)12-16)15-22(30)26-24(2,3)4/h5-12,18,20H,13-15H2,1-4H3,(H,26,30). The van der Waals surface area contributed by atoms with Gasteiger partial charge in [-0.25, -0.2) is 0 Å². The second-order valence-corrected chi connectivity index (χ2v) is 9.13. The molecular weight excluding hydrogens is 390 g/mol. The number of rotatable bonds is 5. The van der Waals surface area contributed by atoms with Gasteiger partial charge in [0.1, 0.15) is 12.6 Å². The van der Waals surface area contributed by atoms with E-state index < -0.39 is 11.6 Å². The monoisotopic (exact) mass is 419 g/mol. The van der Waals surface area contributed by atoms with Crippen molar-refractivity contribution in [3.63, 3.8) is 0 Å². The maximum Gasteiger partial charge on any atom is 0.240 e. The molecule has 0 saturated heterocycles. The van der Waals surface area contributed by atoms with Crippen molar-refractivity contribution in [2.75, 3.05) is 11.4 Å². The fourth-order valence-electron chi connectivity index (χ4n) is 4.04. The number of nitrogens with one attached hydrogen (secondary N) is 1. The van der Waals surface area contributed by atoms with Crippen LogP contribution in [0.15, 0.2) is 53.6 Å². The summed E-state index contributed by atoms with van der Waals surface area (Å²) in [6.07, 6.45) is 1.11. The van der Waals surface area contributed by atoms with Gasteiger partial charge in [0.05, 0.1) is 0 Å². The van der Waals surface area contributed by atoms with Crippen molar-refractivity contribution >= 4 is 17.5 Å². The predicted molar refractivity (Wildman–Crippen MR) is 122 cm³/mol. The van der Waals surface area contributed by atoms with E-state index in [0.29, 0.717) is 18.5 Å². The first-order valence-electron chi connectivity index (χ1n) is 10.5. The number of carbonyl (C=O) groups excluding carboxylic acids is 2. The molecule has 0 spiro atoms. The van der Waals surface area contributed by atoms with Crippen LogP contribution in [0, 0.1) is 6.92 Å². The highest BCUT2D eigenvalue weighted by Gasteiger charge is 2.36. The van der Waals surface area contributed by atoms with Gasteiger partial charge in [-0.05, 0) is 74.7 Å². The van der Waals surface area contributed by atoms with Crippen LogP contribution in [0.3, 0.4) is 0 Å². The molecule has 2 amide bonds. The lowest BCUT2D eigenvalue weighted by Gasteiger charge is -2.27. The molecule has 1 aliphatic rings. The number of carbonyl (C=O) groups is 2. The molecular formula is C24H29N5O2. The molecule has 1 N–H and O–H groups in total. The topological polar surface area (TPSA) is 98.2 Å². The van der Waals surface area contributed by atoms with Crippen LogP contribution < -0.4 is 10.2 Å². The molecule has 2 unspecified atom stereocenters. The van der Waals surface area contributed by atoms with E-state index in [4.69, 9.17) is 5.53 Å². The van der Waals surface area contributed by atoms with Crippen molar-refractivity contribution in [3.8, 4) is 0 Å². The maximum absolute atomic E-state index is 13.4. The van der Waals surface area contributed by atoms with Gasteiger partial charge in [0.25, 0.3) is 0 Å². The Morgan fingerprint density at radius 1 is 1.23 bits per heavy atom. The Hall–Kier alpha value is -3.31. The van der Waals surface area contributed by atoms with Crippen LogP contribution in [0.5, 0.6) is 0 Å². The van der Waals surface area contributed by atoms with Crippen molar-refractivity contribution in [2.24, 2.45) is 5.11 Å². The molecule has 0 saturated carbocycles. The molecule has 2 atom stereocenters. The van der Waals surface area contributed by atoms with Crippen LogP contribution in [0.1, 0.15) is 49.8 Å². The second kappa shape index (κ2) is 9.23. The summed E-state index contributed by atoms with van der Waals surface area (Å²) in [5, 5.41) is 6.73. The van der Waals surface area contributed by atoms with Crippen molar-refractivity contribution in [1.82, 2.24) is 5.32 Å². The Morgan fingerprint density at radius 3 is 2.58 bits per heavy atom. The van der Waals surface area contributed by atoms with E-state index in [9.17, 15) is 9.59 Å². The normalized spacial score (nSPS) is 18.6. The van der Waals surface area contributed by atoms with Gasteiger partial charge in [-0.3, -0.25) is 9.59 Å². The first-order valence-corrected chi connectivity index (χ1v) is 10.5. The largest absolute Gasteiger partial charge is 0.350 e. The van der Waals surface area contributed by atoms with Gasteiger partial charge in [0.2, 0.25) is 11.8 Å². The fraction of sp³-hybridized carbons (Fsp3) is 0.417. The minimum atomic E-state index is -0.867. The molecule has 2 aromatic carbocycles. The third kappa shape index (κ3) is 5.64. The van der Waals surface area contributed by atoms with Crippen LogP contribution in [0.2, 0.25) is 0 Å². The lowest BCUT2D eigenvalue weighted by molar-refractivity contribution is -0.125. The van der Waals surface area contributed by atoms with Gasteiger partial charge >= 0.3 is 0 Å². The number of nitrogens with zero attached hydrogens (tertiary/aromatic N) is 4. The molecule has 0 radical (unpaired) electrons. The Bertz CT molecular complexity index is 1010. The van der Waals surface area contributed by atoms with Crippen LogP contribution in [-0.4, -0.2) is 29.9 Å². The highest BCUT2D eigenvalue weighted by Crippen LogP contribution is 2.38. The van der Waals surface area contributed by atoms with Gasteiger partial charge < -0.3 is 10.2 Å². The van der Waals surface area contributed by atoms with Crippen molar-refractivity contribution in [2.45, 2.75) is 58.0 Å². The van der Waals surface area contributed by atoms with Gasteiger partial charge in [0.15, 0.2) is 0 Å². The van der Waals surface area contributed by atoms with Crippen LogP contribution in [0.25, 0.3) is 10.4 Å². The van der Waals surface area contributed by atoms with Crippen molar-refractivity contribution < 1.29 is 9.59 Å². The minimum absolute atomic E-state index is 0.0203. The Morgan fingerprint density at radius 2 is 1.94 bits per heavy atom. The van der Waals surface area contributed by atoms with Crippen LogP contribution >= 0.6 is 0 Å². The lowest BCUT2D eigenvalue weighted by atomic mass is 9.86. The molecule has 2 aromatic rings. The first kappa shape index (κ1) is 22.4. The molecule has 3 rings (SSSR count). The summed E-state index contributed by atoms with van der Waals surface area (Å²) >= 11 is 0. The lowest BCUT2D eigenvalue weighted by Crippen LogP contribution is -2.49. The smallest absolute Gasteiger partial charge is 0.240 e. The second-order valence-electron chi connectivity index (χ2n) is 9.13. The highest BCUT2D eigenvalue weighted by molar-refractivity contribution is 6.03. The maximum atomic E-state index is 13.4. The highest BCUT2D eigenvalue weighted by atomic mass is 16.2. The molecule has 0 fully saturated rings. The van der Waals surface area contributed by atoms with E-state index in [2.05, 4.69) is 27.5 Å². The van der Waals surface area contributed by atoms with Crippen molar-refractivity contribution in [3.05, 3.63) is 75.7 Å². The average Bonchev–Trinajstić information content (AvgIpc) is 2.78. The van der Waals surface area contributed by atoms with E-state index in [1.165, 1.54) is 4.90 Å². The molecule has 1 aliphatic heterocycles. The zero-order valence-corrected chi connectivity index (χ0v) is 18.5. The summed E-state index contributed by atoms with van der Waals surface area (Å²) in [6, 6.07) is 15.2. The number of benzene rings is 2. The summed E-state index contributed by atoms with van der Waals surface area (Å²) in [4.78, 5) is 30.5. The number of fused-ring (bicyclic) bond motifs is 1. The number of hydrogen-bond donors (Lipinski definition) is 1. The number of hydrogen-bond acceptors (Lipinski definition) is 3.